The molecule has 0 heterocycles. The number of nitrogens with one attached hydrogen (secondary N) is 1. The fourth-order valence-corrected chi connectivity index (χ4v) is 2.49. The van der Waals surface area contributed by atoms with Gasteiger partial charge in [-0.15, -0.1) is 0 Å². The first kappa shape index (κ1) is 11.0. The molecule has 84 valence electrons. The summed E-state index contributed by atoms with van der Waals surface area (Å²) in [4.78, 5) is 0. The molecule has 1 aromatic rings. The number of hydrogen-bond acceptors (Lipinski definition) is 2. The standard InChI is InChI=1S/C14H18N2/c1-11-5-4-7-13(9-11)16-14-8-3-2-6-12(14)10-15/h2-3,6,8,11,13,16H,4-5,7,9H2,1H3. The van der Waals surface area contributed by atoms with Gasteiger partial charge in [-0.05, 0) is 30.9 Å². The lowest BCUT2D eigenvalue weighted by molar-refractivity contribution is 0.358. The second-order valence-corrected chi connectivity index (χ2v) is 4.77. The van der Waals surface area contributed by atoms with E-state index in [2.05, 4.69) is 18.3 Å². The van der Waals surface area contributed by atoms with Crippen molar-refractivity contribution in [2.24, 2.45) is 5.92 Å². The molecule has 0 aliphatic heterocycles. The molecule has 2 heteroatoms. The van der Waals surface area contributed by atoms with Crippen LogP contribution in [0.15, 0.2) is 24.3 Å². The maximum Gasteiger partial charge on any atom is 0.101 e. The van der Waals surface area contributed by atoms with Crippen molar-refractivity contribution in [1.29, 1.82) is 5.26 Å². The normalized spacial score (nSPS) is 24.8. The molecular formula is C14H18N2. The highest BCUT2D eigenvalue weighted by molar-refractivity contribution is 5.57. The van der Waals surface area contributed by atoms with Crippen LogP contribution in [0.5, 0.6) is 0 Å². The molecule has 2 unspecified atom stereocenters. The molecule has 0 spiro atoms. The SMILES string of the molecule is CC1CCCC(Nc2ccccc2C#N)C1. The van der Waals surface area contributed by atoms with Gasteiger partial charge in [0.15, 0.2) is 0 Å². The van der Waals surface area contributed by atoms with Crippen LogP contribution in [0.3, 0.4) is 0 Å². The molecule has 1 aliphatic carbocycles. The monoisotopic (exact) mass is 214 g/mol. The molecule has 0 bridgehead atoms. The van der Waals surface area contributed by atoms with E-state index >= 15 is 0 Å². The first-order valence-electron chi connectivity index (χ1n) is 6.05. The Morgan fingerprint density at radius 1 is 1.31 bits per heavy atom. The molecule has 1 fully saturated rings. The van der Waals surface area contributed by atoms with Crippen LogP contribution in [0.2, 0.25) is 0 Å². The lowest BCUT2D eigenvalue weighted by atomic mass is 9.87. The summed E-state index contributed by atoms with van der Waals surface area (Å²) < 4.78 is 0. The van der Waals surface area contributed by atoms with Crippen LogP contribution >= 0.6 is 0 Å². The lowest BCUT2D eigenvalue weighted by Crippen LogP contribution is -2.26. The summed E-state index contributed by atoms with van der Waals surface area (Å²) in [6, 6.07) is 10.5. The molecule has 0 amide bonds. The van der Waals surface area contributed by atoms with Crippen LogP contribution < -0.4 is 5.32 Å². The van der Waals surface area contributed by atoms with Gasteiger partial charge in [0, 0.05) is 6.04 Å². The average molecular weight is 214 g/mol. The third kappa shape index (κ3) is 2.55. The Morgan fingerprint density at radius 2 is 2.12 bits per heavy atom. The smallest absolute Gasteiger partial charge is 0.101 e. The van der Waals surface area contributed by atoms with E-state index < -0.39 is 0 Å². The molecule has 1 aliphatic rings. The maximum absolute atomic E-state index is 9.01. The fraction of sp³-hybridized carbons (Fsp3) is 0.500. The van der Waals surface area contributed by atoms with Gasteiger partial charge in [-0.3, -0.25) is 0 Å². The minimum absolute atomic E-state index is 0.540. The van der Waals surface area contributed by atoms with E-state index in [9.17, 15) is 0 Å². The van der Waals surface area contributed by atoms with Crippen molar-refractivity contribution in [2.45, 2.75) is 38.6 Å². The van der Waals surface area contributed by atoms with Crippen molar-refractivity contribution in [2.75, 3.05) is 5.32 Å². The molecule has 1 saturated carbocycles. The predicted octanol–water partition coefficient (Wildman–Crippen LogP) is 3.55. The average Bonchev–Trinajstić information content (AvgIpc) is 2.30. The van der Waals surface area contributed by atoms with E-state index in [0.717, 1.165) is 17.2 Å². The number of nitrogens with zero attached hydrogens (tertiary/aromatic N) is 1. The minimum Gasteiger partial charge on any atom is -0.381 e. The molecule has 0 radical (unpaired) electrons. The molecule has 1 N–H and O–H groups in total. The fourth-order valence-electron chi connectivity index (χ4n) is 2.49. The summed E-state index contributed by atoms with van der Waals surface area (Å²) in [5.41, 5.74) is 1.74. The first-order valence-corrected chi connectivity index (χ1v) is 6.05. The number of benzene rings is 1. The van der Waals surface area contributed by atoms with Gasteiger partial charge in [-0.25, -0.2) is 0 Å². The maximum atomic E-state index is 9.01. The van der Waals surface area contributed by atoms with Crippen molar-refractivity contribution in [3.8, 4) is 6.07 Å². The molecule has 16 heavy (non-hydrogen) atoms. The molecule has 0 aromatic heterocycles. The molecule has 1 aromatic carbocycles. The highest BCUT2D eigenvalue weighted by Gasteiger charge is 2.19. The Balaban J connectivity index is 2.06. The summed E-state index contributed by atoms with van der Waals surface area (Å²) in [7, 11) is 0. The molecule has 2 nitrogen and oxygen atoms in total. The van der Waals surface area contributed by atoms with Gasteiger partial charge in [0.25, 0.3) is 0 Å². The highest BCUT2D eigenvalue weighted by Crippen LogP contribution is 2.27. The summed E-state index contributed by atoms with van der Waals surface area (Å²) >= 11 is 0. The first-order chi connectivity index (χ1) is 7.79. The molecule has 0 saturated heterocycles. The summed E-state index contributed by atoms with van der Waals surface area (Å²) in [5, 5.41) is 12.5. The van der Waals surface area contributed by atoms with Gasteiger partial charge >= 0.3 is 0 Å². The number of hydrogen-bond donors (Lipinski definition) is 1. The Hall–Kier alpha value is -1.49. The summed E-state index contributed by atoms with van der Waals surface area (Å²) in [5.74, 6) is 0.806. The lowest BCUT2D eigenvalue weighted by Gasteiger charge is -2.28. The van der Waals surface area contributed by atoms with Crippen LogP contribution in [0.1, 0.15) is 38.2 Å². The Labute approximate surface area is 97.3 Å². The molecule has 2 rings (SSSR count). The number of anilines is 1. The zero-order chi connectivity index (χ0) is 11.4. The van der Waals surface area contributed by atoms with E-state index in [4.69, 9.17) is 5.26 Å². The number of nitriles is 1. The summed E-state index contributed by atoms with van der Waals surface area (Å²) in [6.45, 7) is 2.31. The topological polar surface area (TPSA) is 35.8 Å². The van der Waals surface area contributed by atoms with Gasteiger partial charge in [-0.1, -0.05) is 31.9 Å². The van der Waals surface area contributed by atoms with Gasteiger partial charge in [0.2, 0.25) is 0 Å². The Morgan fingerprint density at radius 3 is 2.88 bits per heavy atom. The second kappa shape index (κ2) is 5.03. The number of rotatable bonds is 2. The van der Waals surface area contributed by atoms with Gasteiger partial charge in [-0.2, -0.15) is 5.26 Å². The highest BCUT2D eigenvalue weighted by atomic mass is 14.9. The zero-order valence-electron chi connectivity index (χ0n) is 9.74. The second-order valence-electron chi connectivity index (χ2n) is 4.77. The van der Waals surface area contributed by atoms with Crippen LogP contribution in [-0.4, -0.2) is 6.04 Å². The van der Waals surface area contributed by atoms with E-state index in [0.29, 0.717) is 6.04 Å². The van der Waals surface area contributed by atoms with E-state index in [-0.39, 0.29) is 0 Å². The third-order valence-electron chi connectivity index (χ3n) is 3.34. The van der Waals surface area contributed by atoms with Crippen molar-refractivity contribution in [3.05, 3.63) is 29.8 Å². The zero-order valence-corrected chi connectivity index (χ0v) is 9.74. The van der Waals surface area contributed by atoms with Crippen molar-refractivity contribution in [3.63, 3.8) is 0 Å². The van der Waals surface area contributed by atoms with Gasteiger partial charge in [0.1, 0.15) is 6.07 Å². The Kier molecular flexibility index (Phi) is 3.46. The Bertz CT molecular complexity index is 392. The van der Waals surface area contributed by atoms with Crippen molar-refractivity contribution in [1.82, 2.24) is 0 Å². The number of para-hydroxylation sites is 1. The van der Waals surface area contributed by atoms with Crippen LogP contribution in [0.25, 0.3) is 0 Å². The van der Waals surface area contributed by atoms with E-state index in [1.165, 1.54) is 25.7 Å². The quantitative estimate of drug-likeness (QED) is 0.817. The van der Waals surface area contributed by atoms with Gasteiger partial charge < -0.3 is 5.32 Å². The minimum atomic E-state index is 0.540. The van der Waals surface area contributed by atoms with E-state index in [1.807, 2.05) is 24.3 Å². The largest absolute Gasteiger partial charge is 0.381 e. The van der Waals surface area contributed by atoms with Crippen LogP contribution in [0, 0.1) is 17.2 Å². The summed E-state index contributed by atoms with van der Waals surface area (Å²) in [6.07, 6.45) is 5.09. The van der Waals surface area contributed by atoms with Crippen LogP contribution in [-0.2, 0) is 0 Å². The predicted molar refractivity (Wildman–Crippen MR) is 66.2 cm³/mol. The molecular weight excluding hydrogens is 196 g/mol. The van der Waals surface area contributed by atoms with E-state index in [1.54, 1.807) is 0 Å². The van der Waals surface area contributed by atoms with Crippen LogP contribution in [0.4, 0.5) is 5.69 Å². The third-order valence-corrected chi connectivity index (χ3v) is 3.34. The van der Waals surface area contributed by atoms with Crippen molar-refractivity contribution >= 4 is 5.69 Å². The molecule has 2 atom stereocenters. The van der Waals surface area contributed by atoms with Gasteiger partial charge in [0.05, 0.1) is 11.3 Å². The van der Waals surface area contributed by atoms with Crippen molar-refractivity contribution < 1.29 is 0 Å².